The number of nitrogens with zero attached hydrogens (tertiary/aromatic N) is 1. The van der Waals surface area contributed by atoms with Gasteiger partial charge in [0.15, 0.2) is 0 Å². The van der Waals surface area contributed by atoms with E-state index >= 15 is 0 Å². The number of nitrogens with two attached hydrogens (primary N) is 1. The summed E-state index contributed by atoms with van der Waals surface area (Å²) in [7, 11) is 0. The largest absolute Gasteiger partial charge is 0.478 e. The molecule has 1 heterocycles. The maximum atomic E-state index is 11.5. The van der Waals surface area contributed by atoms with Crippen molar-refractivity contribution < 1.29 is 9.90 Å². The topological polar surface area (TPSA) is 68.2 Å². The van der Waals surface area contributed by atoms with Crippen LogP contribution >= 0.6 is 0 Å². The van der Waals surface area contributed by atoms with Crippen molar-refractivity contribution in [1.29, 1.82) is 0 Å². The Morgan fingerprint density at radius 3 is 2.32 bits per heavy atom. The zero-order valence-electron chi connectivity index (χ0n) is 14.1. The lowest BCUT2D eigenvalue weighted by Gasteiger charge is -2.14. The first-order chi connectivity index (χ1) is 10.3. The number of rotatable bonds is 5. The highest BCUT2D eigenvalue weighted by atomic mass is 16.4. The van der Waals surface area contributed by atoms with E-state index in [1.165, 1.54) is 11.3 Å². The Morgan fingerprint density at radius 2 is 1.86 bits per heavy atom. The maximum absolute atomic E-state index is 11.5. The standard InChI is InChI=1S/C18H26N2O2/c1-10(2)14-8-13(18(21)22)9-15-16(11(3)4)12(5)20(7-6-19)17(14)15/h8-11H,6-7,19H2,1-5H3,(H,21,22). The third-order valence-electron chi connectivity index (χ3n) is 4.29. The minimum Gasteiger partial charge on any atom is -0.478 e. The molecule has 1 aromatic heterocycles. The van der Waals surface area contributed by atoms with Gasteiger partial charge in [-0.05, 0) is 42.0 Å². The number of carbonyl (C=O) groups is 1. The molecule has 4 heteroatoms. The third-order valence-corrected chi connectivity index (χ3v) is 4.29. The average molecular weight is 302 g/mol. The van der Waals surface area contributed by atoms with Crippen molar-refractivity contribution >= 4 is 16.9 Å². The predicted octanol–water partition coefficient (Wildman–Crippen LogP) is 3.85. The number of hydrogen-bond donors (Lipinski definition) is 2. The van der Waals surface area contributed by atoms with Crippen LogP contribution in [0.1, 0.15) is 66.7 Å². The second-order valence-electron chi connectivity index (χ2n) is 6.52. The van der Waals surface area contributed by atoms with Crippen LogP contribution in [0.15, 0.2) is 12.1 Å². The molecule has 0 atom stereocenters. The molecular formula is C18H26N2O2. The number of benzene rings is 1. The van der Waals surface area contributed by atoms with Gasteiger partial charge in [-0.15, -0.1) is 0 Å². The normalized spacial score (nSPS) is 11.8. The molecule has 0 saturated heterocycles. The number of hydrogen-bond acceptors (Lipinski definition) is 2. The first-order valence-corrected chi connectivity index (χ1v) is 7.89. The van der Waals surface area contributed by atoms with Crippen LogP contribution in [0.4, 0.5) is 0 Å². The molecule has 22 heavy (non-hydrogen) atoms. The fraction of sp³-hybridized carbons (Fsp3) is 0.500. The second-order valence-corrected chi connectivity index (χ2v) is 6.52. The van der Waals surface area contributed by atoms with E-state index in [-0.39, 0.29) is 5.92 Å². The lowest BCUT2D eigenvalue weighted by molar-refractivity contribution is 0.0697. The van der Waals surface area contributed by atoms with E-state index in [0.717, 1.165) is 23.0 Å². The van der Waals surface area contributed by atoms with Crippen LogP contribution in [0.3, 0.4) is 0 Å². The number of carboxylic acids is 1. The quantitative estimate of drug-likeness (QED) is 0.881. The van der Waals surface area contributed by atoms with Crippen LogP contribution in [-0.2, 0) is 6.54 Å². The lowest BCUT2D eigenvalue weighted by Crippen LogP contribution is -2.12. The van der Waals surface area contributed by atoms with Crippen molar-refractivity contribution in [2.24, 2.45) is 5.73 Å². The Kier molecular flexibility index (Phi) is 4.61. The predicted molar refractivity (Wildman–Crippen MR) is 90.9 cm³/mol. The molecule has 1 aromatic carbocycles. The Balaban J connectivity index is 2.96. The van der Waals surface area contributed by atoms with Gasteiger partial charge in [0.05, 0.1) is 11.1 Å². The molecule has 0 saturated carbocycles. The molecule has 2 rings (SSSR count). The third kappa shape index (κ3) is 2.63. The Morgan fingerprint density at radius 1 is 1.23 bits per heavy atom. The molecule has 3 N–H and O–H groups in total. The van der Waals surface area contributed by atoms with Gasteiger partial charge in [-0.1, -0.05) is 27.7 Å². The van der Waals surface area contributed by atoms with Gasteiger partial charge in [0.1, 0.15) is 0 Å². The van der Waals surface area contributed by atoms with Gasteiger partial charge in [-0.2, -0.15) is 0 Å². The van der Waals surface area contributed by atoms with Crippen molar-refractivity contribution in [3.05, 3.63) is 34.5 Å². The monoisotopic (exact) mass is 302 g/mol. The molecule has 0 radical (unpaired) electrons. The molecule has 0 fully saturated rings. The summed E-state index contributed by atoms with van der Waals surface area (Å²) >= 11 is 0. The summed E-state index contributed by atoms with van der Waals surface area (Å²) in [6.45, 7) is 11.9. The van der Waals surface area contributed by atoms with Crippen LogP contribution in [-0.4, -0.2) is 22.2 Å². The summed E-state index contributed by atoms with van der Waals surface area (Å²) < 4.78 is 2.26. The fourth-order valence-corrected chi connectivity index (χ4v) is 3.37. The average Bonchev–Trinajstić information content (AvgIpc) is 2.70. The molecule has 0 aliphatic rings. The molecule has 0 bridgehead atoms. The van der Waals surface area contributed by atoms with E-state index in [1.54, 1.807) is 0 Å². The number of fused-ring (bicyclic) bond motifs is 1. The van der Waals surface area contributed by atoms with E-state index in [0.29, 0.717) is 18.0 Å². The second kappa shape index (κ2) is 6.13. The molecule has 0 amide bonds. The molecule has 4 nitrogen and oxygen atoms in total. The van der Waals surface area contributed by atoms with Crippen molar-refractivity contribution in [2.45, 2.75) is 53.0 Å². The summed E-state index contributed by atoms with van der Waals surface area (Å²) in [4.78, 5) is 11.5. The number of carboxylic acid groups (broad SMARTS) is 1. The van der Waals surface area contributed by atoms with Gasteiger partial charge in [-0.3, -0.25) is 0 Å². The fourth-order valence-electron chi connectivity index (χ4n) is 3.37. The molecular weight excluding hydrogens is 276 g/mol. The molecule has 0 aliphatic heterocycles. The van der Waals surface area contributed by atoms with E-state index < -0.39 is 5.97 Å². The van der Waals surface area contributed by atoms with Crippen molar-refractivity contribution in [2.75, 3.05) is 6.54 Å². The van der Waals surface area contributed by atoms with Crippen molar-refractivity contribution in [3.8, 4) is 0 Å². The lowest BCUT2D eigenvalue weighted by atomic mass is 9.93. The first-order valence-electron chi connectivity index (χ1n) is 7.89. The van der Waals surface area contributed by atoms with Crippen molar-refractivity contribution in [3.63, 3.8) is 0 Å². The molecule has 2 aromatic rings. The zero-order valence-corrected chi connectivity index (χ0v) is 14.1. The molecule has 0 aliphatic carbocycles. The van der Waals surface area contributed by atoms with Gasteiger partial charge < -0.3 is 15.4 Å². The van der Waals surface area contributed by atoms with E-state index in [9.17, 15) is 9.90 Å². The van der Waals surface area contributed by atoms with Gasteiger partial charge in [0, 0.05) is 24.2 Å². The highest BCUT2D eigenvalue weighted by Gasteiger charge is 2.22. The summed E-state index contributed by atoms with van der Waals surface area (Å²) in [6.07, 6.45) is 0. The van der Waals surface area contributed by atoms with Crippen LogP contribution in [0.2, 0.25) is 0 Å². The molecule has 120 valence electrons. The van der Waals surface area contributed by atoms with Gasteiger partial charge in [-0.25, -0.2) is 4.79 Å². The summed E-state index contributed by atoms with van der Waals surface area (Å²) in [5.74, 6) is -0.277. The summed E-state index contributed by atoms with van der Waals surface area (Å²) in [6, 6.07) is 3.63. The molecule has 0 unspecified atom stereocenters. The van der Waals surface area contributed by atoms with Crippen LogP contribution in [0.5, 0.6) is 0 Å². The Hall–Kier alpha value is -1.81. The Bertz CT molecular complexity index is 712. The van der Waals surface area contributed by atoms with E-state index in [1.807, 2.05) is 12.1 Å². The summed E-state index contributed by atoms with van der Waals surface area (Å²) in [5, 5.41) is 10.5. The van der Waals surface area contributed by atoms with Crippen LogP contribution < -0.4 is 5.73 Å². The summed E-state index contributed by atoms with van der Waals surface area (Å²) in [5.41, 5.74) is 10.8. The number of aromatic nitrogens is 1. The highest BCUT2D eigenvalue weighted by molar-refractivity contribution is 5.97. The van der Waals surface area contributed by atoms with Crippen LogP contribution in [0, 0.1) is 6.92 Å². The van der Waals surface area contributed by atoms with E-state index in [2.05, 4.69) is 39.2 Å². The minimum atomic E-state index is -0.872. The maximum Gasteiger partial charge on any atom is 0.335 e. The SMILES string of the molecule is Cc1c(C(C)C)c2cc(C(=O)O)cc(C(C)C)c2n1CCN. The Labute approximate surface area is 131 Å². The minimum absolute atomic E-state index is 0.257. The first kappa shape index (κ1) is 16.6. The molecule has 0 spiro atoms. The van der Waals surface area contributed by atoms with Gasteiger partial charge >= 0.3 is 5.97 Å². The van der Waals surface area contributed by atoms with E-state index in [4.69, 9.17) is 5.73 Å². The van der Waals surface area contributed by atoms with Crippen molar-refractivity contribution in [1.82, 2.24) is 4.57 Å². The highest BCUT2D eigenvalue weighted by Crippen LogP contribution is 2.36. The van der Waals surface area contributed by atoms with Crippen LogP contribution in [0.25, 0.3) is 10.9 Å². The van der Waals surface area contributed by atoms with Gasteiger partial charge in [0.25, 0.3) is 0 Å². The zero-order chi connectivity index (χ0) is 16.6. The smallest absolute Gasteiger partial charge is 0.335 e. The van der Waals surface area contributed by atoms with Gasteiger partial charge in [0.2, 0.25) is 0 Å². The number of aromatic carboxylic acids is 1.